The van der Waals surface area contributed by atoms with E-state index in [1.807, 2.05) is 13.0 Å². The lowest BCUT2D eigenvalue weighted by molar-refractivity contribution is 0.481. The molecule has 13 heteroatoms. The maximum atomic E-state index is 11.6. The summed E-state index contributed by atoms with van der Waals surface area (Å²) < 4.78 is 65.4. The molecule has 37 heavy (non-hydrogen) atoms. The number of fused-ring (bicyclic) bond motifs is 1. The summed E-state index contributed by atoms with van der Waals surface area (Å²) in [5, 5.41) is 18.3. The molecule has 10 nitrogen and oxygen atoms in total. The van der Waals surface area contributed by atoms with Gasteiger partial charge in [-0.05, 0) is 108 Å². The number of aryl methyl sites for hydroxylation is 2. The lowest BCUT2D eigenvalue weighted by atomic mass is 10.1. The lowest BCUT2D eigenvalue weighted by Crippen LogP contribution is -1.97. The molecule has 0 aromatic heterocycles. The van der Waals surface area contributed by atoms with Crippen molar-refractivity contribution < 1.29 is 25.9 Å². The first-order valence-corrected chi connectivity index (χ1v) is 14.5. The highest BCUT2D eigenvalue weighted by Crippen LogP contribution is 2.35. The van der Waals surface area contributed by atoms with Gasteiger partial charge in [-0.3, -0.25) is 9.11 Å². The Bertz CT molecular complexity index is 1820. The van der Waals surface area contributed by atoms with E-state index in [9.17, 15) is 25.9 Å². The zero-order valence-corrected chi connectivity index (χ0v) is 23.2. The van der Waals surface area contributed by atoms with Gasteiger partial charge in [0.25, 0.3) is 20.2 Å². The number of halogens is 1. The highest BCUT2D eigenvalue weighted by atomic mass is 127. The summed E-state index contributed by atoms with van der Waals surface area (Å²) in [4.78, 5) is -0.512. The van der Waals surface area contributed by atoms with Gasteiger partial charge in [0.1, 0.15) is 0 Å². The van der Waals surface area contributed by atoms with Gasteiger partial charge in [-0.15, -0.1) is 5.11 Å². The molecule has 0 heterocycles. The number of azo groups is 2. The summed E-state index contributed by atoms with van der Waals surface area (Å²) in [5.74, 6) is 0. The number of nitrogens with zero attached hydrogens (tertiary/aromatic N) is 4. The third-order valence-corrected chi connectivity index (χ3v) is 8.02. The molecule has 190 valence electrons. The van der Waals surface area contributed by atoms with E-state index >= 15 is 0 Å². The molecule has 4 aromatic rings. The van der Waals surface area contributed by atoms with Crippen LogP contribution in [0, 0.1) is 17.4 Å². The van der Waals surface area contributed by atoms with Crippen LogP contribution in [0.25, 0.3) is 10.8 Å². The Labute approximate surface area is 226 Å². The highest BCUT2D eigenvalue weighted by molar-refractivity contribution is 14.1. The van der Waals surface area contributed by atoms with E-state index in [-0.39, 0.29) is 15.5 Å². The highest BCUT2D eigenvalue weighted by Gasteiger charge is 2.13. The second kappa shape index (κ2) is 10.3. The molecular weight excluding hydrogens is 631 g/mol. The molecule has 0 amide bonds. The largest absolute Gasteiger partial charge is 0.294 e. The number of hydrogen-bond donors (Lipinski definition) is 2. The van der Waals surface area contributed by atoms with Crippen LogP contribution in [0.1, 0.15) is 11.1 Å². The molecule has 0 radical (unpaired) electrons. The third kappa shape index (κ3) is 6.24. The summed E-state index contributed by atoms with van der Waals surface area (Å²) in [6.45, 7) is 3.62. The fraction of sp³-hybridized carbons (Fsp3) is 0.0833. The van der Waals surface area contributed by atoms with Gasteiger partial charge in [-0.1, -0.05) is 12.1 Å². The van der Waals surface area contributed by atoms with Crippen molar-refractivity contribution in [1.29, 1.82) is 0 Å². The average Bonchev–Trinajstić information content (AvgIpc) is 2.83. The Morgan fingerprint density at radius 2 is 1.19 bits per heavy atom. The van der Waals surface area contributed by atoms with Crippen LogP contribution in [0.15, 0.2) is 97.0 Å². The molecule has 0 bridgehead atoms. The van der Waals surface area contributed by atoms with Crippen molar-refractivity contribution >= 4 is 76.3 Å². The SMILES string of the molecule is Cc1cc(N=Nc2ccc(I)c3ccc(S(=O)(=O)O)cc23)c(C)cc1N=Nc1cccc(S(=O)(=O)O)c1. The predicted molar refractivity (Wildman–Crippen MR) is 147 cm³/mol. The summed E-state index contributed by atoms with van der Waals surface area (Å²) in [7, 11) is -8.73. The zero-order valence-electron chi connectivity index (χ0n) is 19.4. The molecular formula is C24H19IN4O6S2. The van der Waals surface area contributed by atoms with Crippen LogP contribution in [0.5, 0.6) is 0 Å². The lowest BCUT2D eigenvalue weighted by Gasteiger charge is -2.07. The van der Waals surface area contributed by atoms with Crippen molar-refractivity contribution in [2.45, 2.75) is 23.6 Å². The molecule has 0 aliphatic heterocycles. The monoisotopic (exact) mass is 650 g/mol. The van der Waals surface area contributed by atoms with Crippen molar-refractivity contribution in [3.8, 4) is 0 Å². The zero-order chi connectivity index (χ0) is 27.0. The van der Waals surface area contributed by atoms with E-state index in [2.05, 4.69) is 43.0 Å². The Morgan fingerprint density at radius 1 is 0.622 bits per heavy atom. The molecule has 4 rings (SSSR count). The average molecular weight is 650 g/mol. The first-order valence-electron chi connectivity index (χ1n) is 10.5. The van der Waals surface area contributed by atoms with Crippen LogP contribution in [-0.4, -0.2) is 25.9 Å². The molecule has 0 saturated heterocycles. The van der Waals surface area contributed by atoms with E-state index in [0.717, 1.165) is 20.1 Å². The summed E-state index contributed by atoms with van der Waals surface area (Å²) in [6.07, 6.45) is 0. The van der Waals surface area contributed by atoms with Gasteiger partial charge < -0.3 is 0 Å². The maximum Gasteiger partial charge on any atom is 0.294 e. The second-order valence-electron chi connectivity index (χ2n) is 8.05. The Hall–Kier alpha value is -3.11. The van der Waals surface area contributed by atoms with Crippen LogP contribution in [-0.2, 0) is 20.2 Å². The first kappa shape index (κ1) is 26.9. The van der Waals surface area contributed by atoms with E-state index in [4.69, 9.17) is 0 Å². The van der Waals surface area contributed by atoms with Crippen LogP contribution in [0.2, 0.25) is 0 Å². The van der Waals surface area contributed by atoms with Crippen LogP contribution in [0.3, 0.4) is 0 Å². The molecule has 0 aliphatic carbocycles. The standard InChI is InChI=1S/C24H19IN4O6S2/c1-14-11-24(15(2)10-23(14)28-26-16-4-3-5-17(12-16)36(30,31)32)29-27-22-9-8-21(25)19-7-6-18(13-20(19)22)37(33,34)35/h3-13H,1-2H3,(H,30,31,32)(H,33,34,35). The summed E-state index contributed by atoms with van der Waals surface area (Å²) >= 11 is 2.13. The Balaban J connectivity index is 1.67. The van der Waals surface area contributed by atoms with Crippen molar-refractivity contribution in [2.24, 2.45) is 20.5 Å². The van der Waals surface area contributed by atoms with Crippen molar-refractivity contribution in [2.75, 3.05) is 0 Å². The van der Waals surface area contributed by atoms with Crippen LogP contribution in [0.4, 0.5) is 22.7 Å². The number of benzene rings is 4. The van der Waals surface area contributed by atoms with E-state index in [0.29, 0.717) is 22.4 Å². The minimum atomic E-state index is -4.38. The Kier molecular flexibility index (Phi) is 7.52. The van der Waals surface area contributed by atoms with Gasteiger partial charge in [0.2, 0.25) is 0 Å². The van der Waals surface area contributed by atoms with Crippen molar-refractivity contribution in [1.82, 2.24) is 0 Å². The maximum absolute atomic E-state index is 11.6. The minimum absolute atomic E-state index is 0.234. The summed E-state index contributed by atoms with van der Waals surface area (Å²) in [5.41, 5.74) is 3.25. The molecule has 0 unspecified atom stereocenters. The molecule has 2 N–H and O–H groups in total. The number of rotatable bonds is 6. The van der Waals surface area contributed by atoms with Crippen LogP contribution < -0.4 is 0 Å². The quantitative estimate of drug-likeness (QED) is 0.126. The topological polar surface area (TPSA) is 158 Å². The fourth-order valence-corrected chi connectivity index (χ4v) is 5.13. The molecule has 0 aliphatic rings. The predicted octanol–water partition coefficient (Wildman–Crippen LogP) is 7.39. The Morgan fingerprint density at radius 3 is 1.81 bits per heavy atom. The molecule has 0 atom stereocenters. The minimum Gasteiger partial charge on any atom is -0.282 e. The van der Waals surface area contributed by atoms with E-state index in [1.165, 1.54) is 30.3 Å². The second-order valence-corrected chi connectivity index (χ2v) is 12.1. The number of hydrogen-bond acceptors (Lipinski definition) is 8. The van der Waals surface area contributed by atoms with Gasteiger partial charge in [-0.2, -0.15) is 32.2 Å². The van der Waals surface area contributed by atoms with Gasteiger partial charge in [0.15, 0.2) is 0 Å². The van der Waals surface area contributed by atoms with Gasteiger partial charge in [0, 0.05) is 8.96 Å². The van der Waals surface area contributed by atoms with Gasteiger partial charge in [0.05, 0.1) is 32.5 Å². The van der Waals surface area contributed by atoms with Gasteiger partial charge >= 0.3 is 0 Å². The molecule has 0 spiro atoms. The fourth-order valence-electron chi connectivity index (χ4n) is 3.45. The van der Waals surface area contributed by atoms with Gasteiger partial charge in [-0.25, -0.2) is 0 Å². The molecule has 0 fully saturated rings. The van der Waals surface area contributed by atoms with Crippen molar-refractivity contribution in [3.63, 3.8) is 0 Å². The van der Waals surface area contributed by atoms with Crippen molar-refractivity contribution in [3.05, 3.63) is 81.4 Å². The third-order valence-electron chi connectivity index (χ3n) is 5.38. The first-order chi connectivity index (χ1) is 17.3. The molecule has 4 aromatic carbocycles. The van der Waals surface area contributed by atoms with E-state index in [1.54, 1.807) is 37.3 Å². The van der Waals surface area contributed by atoms with Crippen LogP contribution >= 0.6 is 22.6 Å². The molecule has 0 saturated carbocycles. The normalized spacial score (nSPS) is 12.7. The smallest absolute Gasteiger partial charge is 0.282 e. The van der Waals surface area contributed by atoms with E-state index < -0.39 is 20.2 Å². The summed E-state index contributed by atoms with van der Waals surface area (Å²) in [6, 6.07) is 16.8.